The van der Waals surface area contributed by atoms with Crippen molar-refractivity contribution in [2.45, 2.75) is 6.61 Å². The van der Waals surface area contributed by atoms with Crippen molar-refractivity contribution in [2.75, 3.05) is 12.8 Å². The second-order valence-electron chi connectivity index (χ2n) is 4.69. The van der Waals surface area contributed by atoms with Gasteiger partial charge in [-0.15, -0.1) is 0 Å². The van der Waals surface area contributed by atoms with Gasteiger partial charge in [-0.2, -0.15) is 0 Å². The molecule has 0 spiro atoms. The van der Waals surface area contributed by atoms with Gasteiger partial charge in [0, 0.05) is 22.8 Å². The molecule has 2 aromatic carbocycles. The lowest BCUT2D eigenvalue weighted by Crippen LogP contribution is -2.00. The Morgan fingerprint density at radius 1 is 1.05 bits per heavy atom. The number of para-hydroxylation sites is 1. The predicted molar refractivity (Wildman–Crippen MR) is 83.5 cm³/mol. The number of nitrogens with two attached hydrogens (primary N) is 1. The van der Waals surface area contributed by atoms with Gasteiger partial charge in [-0.05, 0) is 30.3 Å². The number of aromatic nitrogens is 1. The van der Waals surface area contributed by atoms with Gasteiger partial charge in [0.1, 0.15) is 23.6 Å². The van der Waals surface area contributed by atoms with Gasteiger partial charge in [0.15, 0.2) is 0 Å². The van der Waals surface area contributed by atoms with Crippen LogP contribution in [0.3, 0.4) is 0 Å². The highest BCUT2D eigenvalue weighted by atomic mass is 16.5. The van der Waals surface area contributed by atoms with Crippen LogP contribution in [0.1, 0.15) is 5.56 Å². The van der Waals surface area contributed by atoms with E-state index in [-0.39, 0.29) is 0 Å². The van der Waals surface area contributed by atoms with Crippen LogP contribution in [0.4, 0.5) is 5.69 Å². The average molecular weight is 280 g/mol. The van der Waals surface area contributed by atoms with E-state index in [0.717, 1.165) is 28.0 Å². The lowest BCUT2D eigenvalue weighted by molar-refractivity contribution is 0.299. The van der Waals surface area contributed by atoms with Gasteiger partial charge in [0.2, 0.25) is 0 Å². The zero-order valence-corrected chi connectivity index (χ0v) is 11.7. The highest BCUT2D eigenvalue weighted by molar-refractivity contribution is 5.84. The smallest absolute Gasteiger partial charge is 0.146 e. The van der Waals surface area contributed by atoms with E-state index in [1.54, 1.807) is 13.3 Å². The van der Waals surface area contributed by atoms with E-state index in [0.29, 0.717) is 12.3 Å². The molecular formula is C17H16N2O2. The molecule has 2 N–H and O–H groups in total. The molecule has 0 unspecified atom stereocenters. The fraction of sp³-hybridized carbons (Fsp3) is 0.118. The van der Waals surface area contributed by atoms with Gasteiger partial charge in [-0.1, -0.05) is 18.2 Å². The SMILES string of the molecule is COc1ccc(N)cc1COc1cccc2cccnc12. The molecule has 3 rings (SSSR count). The van der Waals surface area contributed by atoms with Crippen LogP contribution < -0.4 is 15.2 Å². The van der Waals surface area contributed by atoms with Gasteiger partial charge in [-0.25, -0.2) is 0 Å². The van der Waals surface area contributed by atoms with Crippen molar-refractivity contribution in [3.63, 3.8) is 0 Å². The molecule has 106 valence electrons. The third kappa shape index (κ3) is 2.74. The third-order valence-electron chi connectivity index (χ3n) is 3.28. The third-order valence-corrected chi connectivity index (χ3v) is 3.28. The Bertz CT molecular complexity index is 766. The standard InChI is InChI=1S/C17H16N2O2/c1-20-15-8-7-14(18)10-13(15)11-21-16-6-2-4-12-5-3-9-19-17(12)16/h2-10H,11,18H2,1H3. The number of ether oxygens (including phenoxy) is 2. The van der Waals surface area contributed by atoms with E-state index in [1.165, 1.54) is 0 Å². The molecule has 0 aliphatic rings. The minimum absolute atomic E-state index is 0.379. The minimum Gasteiger partial charge on any atom is -0.496 e. The number of pyridine rings is 1. The minimum atomic E-state index is 0.379. The van der Waals surface area contributed by atoms with Crippen LogP contribution in [-0.2, 0) is 6.61 Å². The molecule has 0 aliphatic carbocycles. The maximum Gasteiger partial charge on any atom is 0.146 e. The van der Waals surface area contributed by atoms with Crippen molar-refractivity contribution in [2.24, 2.45) is 0 Å². The number of fused-ring (bicyclic) bond motifs is 1. The fourth-order valence-electron chi connectivity index (χ4n) is 2.26. The molecule has 0 saturated carbocycles. The first-order valence-electron chi connectivity index (χ1n) is 6.67. The van der Waals surface area contributed by atoms with Crippen molar-refractivity contribution in [1.29, 1.82) is 0 Å². The summed E-state index contributed by atoms with van der Waals surface area (Å²) in [4.78, 5) is 4.37. The van der Waals surface area contributed by atoms with Crippen LogP contribution in [-0.4, -0.2) is 12.1 Å². The van der Waals surface area contributed by atoms with E-state index in [4.69, 9.17) is 15.2 Å². The Morgan fingerprint density at radius 2 is 1.90 bits per heavy atom. The maximum absolute atomic E-state index is 5.90. The Labute approximate surface area is 123 Å². The monoisotopic (exact) mass is 280 g/mol. The zero-order chi connectivity index (χ0) is 14.7. The molecule has 0 aliphatic heterocycles. The fourth-order valence-corrected chi connectivity index (χ4v) is 2.26. The van der Waals surface area contributed by atoms with Crippen LogP contribution in [0.2, 0.25) is 0 Å². The number of benzene rings is 2. The Kier molecular flexibility index (Phi) is 3.60. The normalized spacial score (nSPS) is 10.5. The second kappa shape index (κ2) is 5.71. The van der Waals surface area contributed by atoms with E-state index in [1.807, 2.05) is 48.5 Å². The summed E-state index contributed by atoms with van der Waals surface area (Å²) in [7, 11) is 1.63. The first-order chi connectivity index (χ1) is 10.3. The molecule has 0 saturated heterocycles. The Balaban J connectivity index is 1.89. The number of nitrogen functional groups attached to an aromatic ring is 1. The number of hydrogen-bond acceptors (Lipinski definition) is 4. The van der Waals surface area contributed by atoms with Gasteiger partial charge >= 0.3 is 0 Å². The molecule has 0 bridgehead atoms. The van der Waals surface area contributed by atoms with Crippen LogP contribution in [0.25, 0.3) is 10.9 Å². The summed E-state index contributed by atoms with van der Waals surface area (Å²) in [6, 6.07) is 15.3. The van der Waals surface area contributed by atoms with Crippen molar-refractivity contribution in [1.82, 2.24) is 4.98 Å². The molecule has 4 nitrogen and oxygen atoms in total. The maximum atomic E-state index is 5.90. The summed E-state index contributed by atoms with van der Waals surface area (Å²) in [5, 5.41) is 1.05. The molecule has 0 amide bonds. The summed E-state index contributed by atoms with van der Waals surface area (Å²) in [5.41, 5.74) is 8.26. The van der Waals surface area contributed by atoms with E-state index in [2.05, 4.69) is 4.98 Å². The summed E-state index contributed by atoms with van der Waals surface area (Å²) in [6.45, 7) is 0.379. The van der Waals surface area contributed by atoms with Gasteiger partial charge in [-0.3, -0.25) is 4.98 Å². The van der Waals surface area contributed by atoms with Crippen molar-refractivity contribution in [3.05, 3.63) is 60.3 Å². The van der Waals surface area contributed by atoms with E-state index in [9.17, 15) is 0 Å². The van der Waals surface area contributed by atoms with Crippen molar-refractivity contribution < 1.29 is 9.47 Å². The van der Waals surface area contributed by atoms with Gasteiger partial charge in [0.05, 0.1) is 7.11 Å². The van der Waals surface area contributed by atoms with E-state index >= 15 is 0 Å². The predicted octanol–water partition coefficient (Wildman–Crippen LogP) is 3.40. The van der Waals surface area contributed by atoms with Crippen LogP contribution in [0.5, 0.6) is 11.5 Å². The molecule has 4 heteroatoms. The Hall–Kier alpha value is -2.75. The summed E-state index contributed by atoms with van der Waals surface area (Å²) in [6.07, 6.45) is 1.76. The topological polar surface area (TPSA) is 57.4 Å². The lowest BCUT2D eigenvalue weighted by atomic mass is 10.2. The molecule has 0 fully saturated rings. The first kappa shape index (κ1) is 13.2. The number of anilines is 1. The first-order valence-corrected chi connectivity index (χ1v) is 6.67. The van der Waals surface area contributed by atoms with Gasteiger partial charge < -0.3 is 15.2 Å². The number of nitrogens with zero attached hydrogens (tertiary/aromatic N) is 1. The number of rotatable bonds is 4. The average Bonchev–Trinajstić information content (AvgIpc) is 2.53. The lowest BCUT2D eigenvalue weighted by Gasteiger charge is -2.12. The number of hydrogen-bond donors (Lipinski definition) is 1. The number of methoxy groups -OCH3 is 1. The van der Waals surface area contributed by atoms with Gasteiger partial charge in [0.25, 0.3) is 0 Å². The zero-order valence-electron chi connectivity index (χ0n) is 11.7. The van der Waals surface area contributed by atoms with Crippen molar-refractivity contribution >= 4 is 16.6 Å². The van der Waals surface area contributed by atoms with Crippen LogP contribution in [0, 0.1) is 0 Å². The Morgan fingerprint density at radius 3 is 2.76 bits per heavy atom. The molecule has 0 radical (unpaired) electrons. The molecular weight excluding hydrogens is 264 g/mol. The van der Waals surface area contributed by atoms with Crippen molar-refractivity contribution in [3.8, 4) is 11.5 Å². The van der Waals surface area contributed by atoms with Crippen LogP contribution >= 0.6 is 0 Å². The highest BCUT2D eigenvalue weighted by Crippen LogP contribution is 2.26. The summed E-state index contributed by atoms with van der Waals surface area (Å²) < 4.78 is 11.2. The summed E-state index contributed by atoms with van der Waals surface area (Å²) >= 11 is 0. The quantitative estimate of drug-likeness (QED) is 0.744. The molecule has 3 aromatic rings. The second-order valence-corrected chi connectivity index (χ2v) is 4.69. The molecule has 0 atom stereocenters. The molecule has 21 heavy (non-hydrogen) atoms. The highest BCUT2D eigenvalue weighted by Gasteiger charge is 2.07. The molecule has 1 aromatic heterocycles. The summed E-state index contributed by atoms with van der Waals surface area (Å²) in [5.74, 6) is 1.51. The van der Waals surface area contributed by atoms with Crippen LogP contribution in [0.15, 0.2) is 54.7 Å². The largest absolute Gasteiger partial charge is 0.496 e. The van der Waals surface area contributed by atoms with E-state index < -0.39 is 0 Å². The molecule has 1 heterocycles.